The van der Waals surface area contributed by atoms with Crippen molar-refractivity contribution in [3.8, 4) is 0 Å². The van der Waals surface area contributed by atoms with Crippen molar-refractivity contribution in [2.24, 2.45) is 0 Å². The van der Waals surface area contributed by atoms with Crippen LogP contribution in [0.15, 0.2) is 0 Å². The minimum Gasteiger partial charge on any atom is -1.00 e. The van der Waals surface area contributed by atoms with E-state index in [9.17, 15) is 0 Å². The van der Waals surface area contributed by atoms with Crippen molar-refractivity contribution in [2.45, 2.75) is 36.6 Å². The molecule has 0 atom stereocenters. The number of aliphatic hydroxyl groups is 6. The van der Waals surface area contributed by atoms with Crippen molar-refractivity contribution in [1.29, 1.82) is 0 Å². The van der Waals surface area contributed by atoms with Crippen molar-refractivity contribution >= 4 is 0 Å². The molecule has 0 unspecified atom stereocenters. The molecule has 0 saturated heterocycles. The van der Waals surface area contributed by atoms with Crippen molar-refractivity contribution in [3.05, 3.63) is 0 Å². The van der Waals surface area contributed by atoms with E-state index in [-0.39, 0.29) is 31.0 Å². The summed E-state index contributed by atoms with van der Waals surface area (Å²) >= 11 is 0. The van der Waals surface area contributed by atoms with Crippen LogP contribution in [0.4, 0.5) is 0 Å². The molecule has 0 aromatic carbocycles. The maximum atomic E-state index is 8.97. The van der Waals surface area contributed by atoms with Gasteiger partial charge in [0.2, 0.25) is 0 Å². The second-order valence-corrected chi connectivity index (χ2v) is 2.94. The smallest absolute Gasteiger partial charge is 1.00 e. The van der Waals surface area contributed by atoms with Gasteiger partial charge in [-0.2, -0.15) is 0 Å². The van der Waals surface area contributed by atoms with Gasteiger partial charge in [0.1, 0.15) is 36.6 Å². The Bertz CT molecular complexity index is 114. The van der Waals surface area contributed by atoms with Crippen LogP contribution in [0.1, 0.15) is 1.43 Å². The van der Waals surface area contributed by atoms with Gasteiger partial charge < -0.3 is 32.1 Å². The summed E-state index contributed by atoms with van der Waals surface area (Å²) < 4.78 is 0. The van der Waals surface area contributed by atoms with Crippen LogP contribution < -0.4 is 29.6 Å². The van der Waals surface area contributed by atoms with E-state index in [1.54, 1.807) is 0 Å². The molecular weight excluding hydrogens is 191 g/mol. The Hall–Kier alpha value is 0.760. The molecule has 0 aliphatic heterocycles. The first kappa shape index (κ1) is 13.8. The Kier molecular flexibility index (Phi) is 5.31. The number of hydrogen-bond donors (Lipinski definition) is 6. The Morgan fingerprint density at radius 3 is 0.615 bits per heavy atom. The van der Waals surface area contributed by atoms with Gasteiger partial charge in [-0.25, -0.2) is 0 Å². The third-order valence-electron chi connectivity index (χ3n) is 2.10. The zero-order valence-electron chi connectivity index (χ0n) is 8.15. The van der Waals surface area contributed by atoms with Gasteiger partial charge >= 0.3 is 29.6 Å². The molecule has 0 radical (unpaired) electrons. The third kappa shape index (κ3) is 2.41. The zero-order valence-corrected chi connectivity index (χ0v) is 9.15. The van der Waals surface area contributed by atoms with E-state index in [0.29, 0.717) is 0 Å². The van der Waals surface area contributed by atoms with Gasteiger partial charge in [-0.05, 0) is 0 Å². The number of rotatable bonds is 0. The summed E-state index contributed by atoms with van der Waals surface area (Å²) in [5, 5.41) is 53.8. The SMILES string of the molecule is OC1C(O)C(O)C(O)C(O)C1O.[H-].[Na+]. The summed E-state index contributed by atoms with van der Waals surface area (Å²) in [6.45, 7) is 0. The van der Waals surface area contributed by atoms with Gasteiger partial charge in [-0.3, -0.25) is 0 Å². The minimum atomic E-state index is -1.64. The standard InChI is InChI=1S/C6H12O6.Na.H/c7-1-2(8)4(10)6(12)5(11)3(1)9;;/h1-12H;;/q;+1;-1. The fraction of sp³-hybridized carbons (Fsp3) is 1.00. The monoisotopic (exact) mass is 204 g/mol. The number of aliphatic hydroxyl groups excluding tert-OH is 6. The molecule has 1 saturated carbocycles. The second-order valence-electron chi connectivity index (χ2n) is 2.94. The molecule has 1 aliphatic rings. The van der Waals surface area contributed by atoms with E-state index in [1.807, 2.05) is 0 Å². The summed E-state index contributed by atoms with van der Waals surface area (Å²) in [6, 6.07) is 0. The summed E-state index contributed by atoms with van der Waals surface area (Å²) in [5.41, 5.74) is 0. The van der Waals surface area contributed by atoms with Crippen LogP contribution in [0.3, 0.4) is 0 Å². The number of hydrogen-bond acceptors (Lipinski definition) is 6. The Balaban J connectivity index is 0. The first-order chi connectivity index (χ1) is 5.46. The average molecular weight is 204 g/mol. The summed E-state index contributed by atoms with van der Waals surface area (Å²) in [5.74, 6) is 0. The molecule has 6 nitrogen and oxygen atoms in total. The first-order valence-electron chi connectivity index (χ1n) is 3.55. The summed E-state index contributed by atoms with van der Waals surface area (Å²) in [7, 11) is 0. The maximum Gasteiger partial charge on any atom is 1.00 e. The molecular formula is C6H13NaO6. The van der Waals surface area contributed by atoms with Crippen LogP contribution in [-0.4, -0.2) is 67.3 Å². The largest absolute Gasteiger partial charge is 1.00 e. The van der Waals surface area contributed by atoms with Crippen LogP contribution in [0.2, 0.25) is 0 Å². The minimum absolute atomic E-state index is 0. The van der Waals surface area contributed by atoms with Gasteiger partial charge in [-0.15, -0.1) is 0 Å². The predicted octanol–water partition coefficient (Wildman–Crippen LogP) is -6.72. The van der Waals surface area contributed by atoms with Gasteiger partial charge in [0, 0.05) is 0 Å². The molecule has 74 valence electrons. The molecule has 1 rings (SSSR count). The van der Waals surface area contributed by atoms with Gasteiger partial charge in [0.05, 0.1) is 0 Å². The molecule has 13 heavy (non-hydrogen) atoms. The van der Waals surface area contributed by atoms with Crippen LogP contribution in [-0.2, 0) is 0 Å². The van der Waals surface area contributed by atoms with Crippen molar-refractivity contribution in [3.63, 3.8) is 0 Å². The van der Waals surface area contributed by atoms with E-state index in [2.05, 4.69) is 0 Å². The first-order valence-corrected chi connectivity index (χ1v) is 3.55. The van der Waals surface area contributed by atoms with E-state index in [0.717, 1.165) is 0 Å². The van der Waals surface area contributed by atoms with Gasteiger partial charge in [-0.1, -0.05) is 0 Å². The predicted molar refractivity (Wildman–Crippen MR) is 37.2 cm³/mol. The molecule has 0 heterocycles. The fourth-order valence-electron chi connectivity index (χ4n) is 1.21. The van der Waals surface area contributed by atoms with Crippen molar-refractivity contribution in [2.75, 3.05) is 0 Å². The quantitative estimate of drug-likeness (QED) is 0.218. The van der Waals surface area contributed by atoms with Crippen molar-refractivity contribution in [1.82, 2.24) is 0 Å². The van der Waals surface area contributed by atoms with Crippen LogP contribution in [0, 0.1) is 0 Å². The maximum absolute atomic E-state index is 8.97. The van der Waals surface area contributed by atoms with E-state index < -0.39 is 36.6 Å². The van der Waals surface area contributed by atoms with E-state index in [4.69, 9.17) is 30.6 Å². The van der Waals surface area contributed by atoms with Gasteiger partial charge in [0.15, 0.2) is 0 Å². The van der Waals surface area contributed by atoms with Crippen LogP contribution >= 0.6 is 0 Å². The van der Waals surface area contributed by atoms with Crippen LogP contribution in [0.25, 0.3) is 0 Å². The molecule has 0 aromatic heterocycles. The normalized spacial score (nSPS) is 51.2. The average Bonchev–Trinajstić information content (AvgIpc) is 2.08. The molecule has 6 N–H and O–H groups in total. The fourth-order valence-corrected chi connectivity index (χ4v) is 1.21. The Labute approximate surface area is 98.2 Å². The van der Waals surface area contributed by atoms with E-state index >= 15 is 0 Å². The Morgan fingerprint density at radius 2 is 0.538 bits per heavy atom. The third-order valence-corrected chi connectivity index (χ3v) is 2.10. The molecule has 1 fully saturated rings. The van der Waals surface area contributed by atoms with Crippen LogP contribution in [0.5, 0.6) is 0 Å². The Morgan fingerprint density at radius 1 is 0.462 bits per heavy atom. The van der Waals surface area contributed by atoms with Crippen molar-refractivity contribution < 1.29 is 61.6 Å². The molecule has 0 amide bonds. The molecule has 1 aliphatic carbocycles. The van der Waals surface area contributed by atoms with E-state index in [1.165, 1.54) is 0 Å². The molecule has 0 aromatic rings. The topological polar surface area (TPSA) is 121 Å². The molecule has 0 spiro atoms. The summed E-state index contributed by atoms with van der Waals surface area (Å²) in [6.07, 6.45) is -9.84. The zero-order chi connectivity index (χ0) is 9.46. The second kappa shape index (κ2) is 5.01. The van der Waals surface area contributed by atoms with Gasteiger partial charge in [0.25, 0.3) is 0 Å². The molecule has 7 heteroatoms. The molecule has 0 bridgehead atoms. The summed E-state index contributed by atoms with van der Waals surface area (Å²) in [4.78, 5) is 0.